The number of fused-ring (bicyclic) bond motifs is 3. The van der Waals surface area contributed by atoms with Crippen molar-refractivity contribution in [3.05, 3.63) is 22.8 Å². The van der Waals surface area contributed by atoms with E-state index in [1.807, 2.05) is 6.92 Å². The summed E-state index contributed by atoms with van der Waals surface area (Å²) < 4.78 is 30.1. The third kappa shape index (κ3) is 7.72. The van der Waals surface area contributed by atoms with Gasteiger partial charge in [0.1, 0.15) is 17.8 Å². The first-order valence-corrected chi connectivity index (χ1v) is 16.1. The van der Waals surface area contributed by atoms with Crippen LogP contribution in [0.15, 0.2) is 22.8 Å². The zero-order chi connectivity index (χ0) is 32.8. The topological polar surface area (TPSA) is 132 Å². The number of hydrogen-bond donors (Lipinski definition) is 0. The van der Waals surface area contributed by atoms with E-state index in [-0.39, 0.29) is 19.3 Å². The largest absolute Gasteiger partial charge is 0.462 e. The number of ether oxygens (including phenoxy) is 5. The Balaban J connectivity index is 2.13. The molecule has 2 aliphatic carbocycles. The summed E-state index contributed by atoms with van der Waals surface area (Å²) in [5, 5.41) is 0. The maximum absolute atomic E-state index is 13.3. The average Bonchev–Trinajstić information content (AvgIpc) is 3.35. The number of esters is 5. The zero-order valence-electron chi connectivity index (χ0n) is 27.6. The molecule has 3 rings (SSSR count). The minimum atomic E-state index is -1.36. The number of unbranched alkanes of at least 4 members (excludes halogenated alkanes) is 4. The SMILES string of the molecule is C/C=C(/C)C(=O)OC1C(C)=C2C3OC(=O)C(C)C3C(OC(=O)CCC)CC(C)(OC(C)=O)C2C1OC(=O)CCCCCCC. The highest BCUT2D eigenvalue weighted by Crippen LogP contribution is 2.55. The van der Waals surface area contributed by atoms with Crippen molar-refractivity contribution >= 4 is 29.8 Å². The molecule has 2 fully saturated rings. The van der Waals surface area contributed by atoms with Crippen LogP contribution in [0.2, 0.25) is 0 Å². The van der Waals surface area contributed by atoms with Crippen molar-refractivity contribution in [2.24, 2.45) is 17.8 Å². The molecule has 3 aliphatic rings. The smallest absolute Gasteiger partial charge is 0.334 e. The second-order valence-corrected chi connectivity index (χ2v) is 12.6. The summed E-state index contributed by atoms with van der Waals surface area (Å²) >= 11 is 0. The van der Waals surface area contributed by atoms with E-state index in [4.69, 9.17) is 23.7 Å². The molecule has 0 amide bonds. The van der Waals surface area contributed by atoms with Crippen LogP contribution >= 0.6 is 0 Å². The lowest BCUT2D eigenvalue weighted by molar-refractivity contribution is -0.185. The normalized spacial score (nSPS) is 31.4. The molecule has 10 nitrogen and oxygen atoms in total. The lowest BCUT2D eigenvalue weighted by Gasteiger charge is -2.40. The lowest BCUT2D eigenvalue weighted by atomic mass is 9.79. The second kappa shape index (κ2) is 15.2. The maximum atomic E-state index is 13.3. The van der Waals surface area contributed by atoms with Crippen LogP contribution in [0.4, 0.5) is 0 Å². The van der Waals surface area contributed by atoms with Gasteiger partial charge in [-0.15, -0.1) is 0 Å². The van der Waals surface area contributed by atoms with E-state index in [0.717, 1.165) is 25.7 Å². The second-order valence-electron chi connectivity index (χ2n) is 12.6. The average molecular weight is 619 g/mol. The fourth-order valence-corrected chi connectivity index (χ4v) is 6.95. The third-order valence-electron chi connectivity index (χ3n) is 9.24. The van der Waals surface area contributed by atoms with Gasteiger partial charge >= 0.3 is 29.8 Å². The monoisotopic (exact) mass is 618 g/mol. The van der Waals surface area contributed by atoms with E-state index in [9.17, 15) is 24.0 Å². The number of hydrogen-bond acceptors (Lipinski definition) is 10. The molecule has 0 aromatic heterocycles. The minimum Gasteiger partial charge on any atom is -0.462 e. The summed E-state index contributed by atoms with van der Waals surface area (Å²) in [6.45, 7) is 13.8. The van der Waals surface area contributed by atoms with Crippen LogP contribution in [0.3, 0.4) is 0 Å². The Kier molecular flexibility index (Phi) is 12.2. The summed E-state index contributed by atoms with van der Waals surface area (Å²) in [6, 6.07) is 0. The first-order valence-electron chi connectivity index (χ1n) is 16.1. The maximum Gasteiger partial charge on any atom is 0.334 e. The molecule has 10 heteroatoms. The molecule has 0 aromatic carbocycles. The Morgan fingerprint density at radius 2 is 1.61 bits per heavy atom. The standard InChI is InChI=1S/C34H50O10/c1-9-12-13-14-15-17-25(37)41-31-28-27(20(5)29(31)42-32(38)19(4)11-3)30-26(21(6)33(39)43-30)23(40-24(36)16-10-2)18-34(28,8)44-22(7)35/h11,21,23,26,28-31H,9-10,12-18H2,1-8H3/b19-11-. The van der Waals surface area contributed by atoms with Crippen molar-refractivity contribution in [3.63, 3.8) is 0 Å². The van der Waals surface area contributed by atoms with Gasteiger partial charge in [-0.3, -0.25) is 19.2 Å². The van der Waals surface area contributed by atoms with Gasteiger partial charge in [-0.25, -0.2) is 4.79 Å². The van der Waals surface area contributed by atoms with E-state index in [1.165, 1.54) is 6.92 Å². The molecule has 1 saturated heterocycles. The molecule has 1 saturated carbocycles. The molecule has 0 bridgehead atoms. The molecule has 0 radical (unpaired) electrons. The third-order valence-corrected chi connectivity index (χ3v) is 9.24. The van der Waals surface area contributed by atoms with Crippen LogP contribution in [-0.4, -0.2) is 59.9 Å². The van der Waals surface area contributed by atoms with Gasteiger partial charge in [0.25, 0.3) is 0 Å². The van der Waals surface area contributed by atoms with E-state index < -0.39 is 77.6 Å². The molecule has 1 heterocycles. The Morgan fingerprint density at radius 3 is 2.23 bits per heavy atom. The van der Waals surface area contributed by atoms with Gasteiger partial charge in [-0.05, 0) is 51.7 Å². The molecular weight excluding hydrogens is 568 g/mol. The molecule has 8 unspecified atom stereocenters. The quantitative estimate of drug-likeness (QED) is 0.0833. The molecule has 8 atom stereocenters. The van der Waals surface area contributed by atoms with Crippen LogP contribution in [0.25, 0.3) is 0 Å². The minimum absolute atomic E-state index is 0.0330. The number of rotatable bonds is 13. The molecule has 0 N–H and O–H groups in total. The van der Waals surface area contributed by atoms with E-state index in [0.29, 0.717) is 29.6 Å². The van der Waals surface area contributed by atoms with Crippen LogP contribution in [0.1, 0.15) is 113 Å². The zero-order valence-corrected chi connectivity index (χ0v) is 27.6. The number of allylic oxidation sites excluding steroid dienone is 1. The molecule has 0 spiro atoms. The molecule has 246 valence electrons. The van der Waals surface area contributed by atoms with E-state index in [1.54, 1.807) is 40.7 Å². The number of carbonyl (C=O) groups excluding carboxylic acids is 5. The van der Waals surface area contributed by atoms with E-state index >= 15 is 0 Å². The van der Waals surface area contributed by atoms with Crippen molar-refractivity contribution in [2.75, 3.05) is 0 Å². The Labute approximate surface area is 261 Å². The van der Waals surface area contributed by atoms with Crippen molar-refractivity contribution in [2.45, 2.75) is 143 Å². The molecular formula is C34H50O10. The highest BCUT2D eigenvalue weighted by Gasteiger charge is 2.65. The Morgan fingerprint density at radius 1 is 0.955 bits per heavy atom. The highest BCUT2D eigenvalue weighted by molar-refractivity contribution is 5.88. The molecule has 0 aromatic rings. The summed E-state index contributed by atoms with van der Waals surface area (Å²) in [4.78, 5) is 64.8. The molecule has 1 aliphatic heterocycles. The van der Waals surface area contributed by atoms with Crippen LogP contribution < -0.4 is 0 Å². The number of carbonyl (C=O) groups is 5. The van der Waals surface area contributed by atoms with Gasteiger partial charge in [0.2, 0.25) is 0 Å². The summed E-state index contributed by atoms with van der Waals surface area (Å²) in [6.07, 6.45) is 3.55. The first-order chi connectivity index (χ1) is 20.8. The predicted molar refractivity (Wildman–Crippen MR) is 161 cm³/mol. The molecule has 44 heavy (non-hydrogen) atoms. The van der Waals surface area contributed by atoms with E-state index in [2.05, 4.69) is 6.92 Å². The van der Waals surface area contributed by atoms with Gasteiger partial charge in [-0.2, -0.15) is 0 Å². The highest BCUT2D eigenvalue weighted by atomic mass is 16.6. The lowest BCUT2D eigenvalue weighted by Crippen LogP contribution is -2.50. The van der Waals surface area contributed by atoms with Crippen LogP contribution in [0, 0.1) is 17.8 Å². The first kappa shape index (κ1) is 35.3. The summed E-state index contributed by atoms with van der Waals surface area (Å²) in [5.41, 5.74) is 0.144. The predicted octanol–water partition coefficient (Wildman–Crippen LogP) is 5.70. The van der Waals surface area contributed by atoms with Gasteiger partial charge in [0.15, 0.2) is 12.2 Å². The van der Waals surface area contributed by atoms with Crippen molar-refractivity contribution in [1.82, 2.24) is 0 Å². The van der Waals surface area contributed by atoms with Crippen LogP contribution in [0.5, 0.6) is 0 Å². The van der Waals surface area contributed by atoms with Crippen molar-refractivity contribution in [1.29, 1.82) is 0 Å². The summed E-state index contributed by atoms with van der Waals surface area (Å²) in [5.74, 6) is -4.54. The van der Waals surface area contributed by atoms with Gasteiger partial charge < -0.3 is 23.7 Å². The van der Waals surface area contributed by atoms with Crippen LogP contribution in [-0.2, 0) is 47.7 Å². The van der Waals surface area contributed by atoms with Gasteiger partial charge in [0, 0.05) is 31.8 Å². The Hall–Kier alpha value is -3.17. The Bertz CT molecular complexity index is 1170. The van der Waals surface area contributed by atoms with Crippen molar-refractivity contribution < 1.29 is 47.7 Å². The van der Waals surface area contributed by atoms with Crippen molar-refractivity contribution in [3.8, 4) is 0 Å². The van der Waals surface area contributed by atoms with Gasteiger partial charge in [0.05, 0.1) is 17.8 Å². The summed E-state index contributed by atoms with van der Waals surface area (Å²) in [7, 11) is 0. The van der Waals surface area contributed by atoms with Gasteiger partial charge in [-0.1, -0.05) is 52.5 Å². The fourth-order valence-electron chi connectivity index (χ4n) is 6.95. The fraction of sp³-hybridized carbons (Fsp3) is 0.735.